The molecule has 0 aliphatic carbocycles. The van der Waals surface area contributed by atoms with Crippen molar-refractivity contribution < 1.29 is 4.79 Å². The minimum atomic E-state index is 0.561. The minimum absolute atomic E-state index is 0.561. The van der Waals surface area contributed by atoms with E-state index < -0.39 is 0 Å². The first-order valence-electron chi connectivity index (χ1n) is 4.77. The number of rotatable bonds is 4. The molecule has 0 saturated heterocycles. The molecule has 1 aromatic rings. The lowest BCUT2D eigenvalue weighted by atomic mass is 10.2. The summed E-state index contributed by atoms with van der Waals surface area (Å²) >= 11 is 0. The third-order valence-corrected chi connectivity index (χ3v) is 1.57. The molecule has 0 aliphatic rings. The zero-order valence-electron chi connectivity index (χ0n) is 9.16. The summed E-state index contributed by atoms with van der Waals surface area (Å²) in [5.74, 6) is 0.622. The van der Waals surface area contributed by atoms with Gasteiger partial charge in [-0.05, 0) is 0 Å². The lowest BCUT2D eigenvalue weighted by molar-refractivity contribution is 0.112. The molecule has 0 amide bonds. The van der Waals surface area contributed by atoms with E-state index in [0.717, 1.165) is 6.29 Å². The summed E-state index contributed by atoms with van der Waals surface area (Å²) in [6.45, 7) is 11.1. The average molecular weight is 204 g/mol. The maximum absolute atomic E-state index is 10.5. The van der Waals surface area contributed by atoms with Gasteiger partial charge in [0.25, 0.3) is 0 Å². The number of nitrogens with one attached hydrogen (secondary N) is 1. The highest BCUT2D eigenvalue weighted by Gasteiger charge is 2.04. The number of aromatic amines is 1. The van der Waals surface area contributed by atoms with Crippen LogP contribution in [0.2, 0.25) is 0 Å². The van der Waals surface area contributed by atoms with Gasteiger partial charge in [-0.15, -0.1) is 0 Å². The second-order valence-corrected chi connectivity index (χ2v) is 2.34. The minimum Gasteiger partial charge on any atom is -0.345 e. The molecule has 0 fully saturated rings. The van der Waals surface area contributed by atoms with Crippen LogP contribution in [0.4, 0.5) is 5.82 Å². The van der Waals surface area contributed by atoms with Gasteiger partial charge in [0.05, 0.1) is 0 Å². The molecule has 0 aromatic carbocycles. The molecular formula is C12H16N2O. The van der Waals surface area contributed by atoms with Crippen molar-refractivity contribution in [3.05, 3.63) is 36.6 Å². The van der Waals surface area contributed by atoms with Crippen LogP contribution in [0.3, 0.4) is 0 Å². The van der Waals surface area contributed by atoms with E-state index in [1.807, 2.05) is 13.8 Å². The standard InChI is InChI=1S/C10H10N2O.C2H6/c1-3-5-11-10-9(4-2)8(7-13)6-12-10;1-2/h3-7,12H,1-2H2;1-2H3/b11-5-;. The van der Waals surface area contributed by atoms with Crippen molar-refractivity contribution in [2.24, 2.45) is 4.99 Å². The monoisotopic (exact) mass is 204 g/mol. The van der Waals surface area contributed by atoms with Crippen molar-refractivity contribution in [1.29, 1.82) is 0 Å². The predicted molar refractivity (Wildman–Crippen MR) is 66.0 cm³/mol. The van der Waals surface area contributed by atoms with Crippen molar-refractivity contribution in [1.82, 2.24) is 4.98 Å². The van der Waals surface area contributed by atoms with Gasteiger partial charge in [0.15, 0.2) is 6.29 Å². The van der Waals surface area contributed by atoms with Crippen molar-refractivity contribution >= 4 is 24.4 Å². The normalized spacial score (nSPS) is 9.20. The first-order valence-corrected chi connectivity index (χ1v) is 4.77. The maximum atomic E-state index is 10.5. The number of H-pyrrole nitrogens is 1. The zero-order valence-corrected chi connectivity index (χ0v) is 9.16. The van der Waals surface area contributed by atoms with E-state index in [2.05, 4.69) is 23.1 Å². The molecule has 0 radical (unpaired) electrons. The number of allylic oxidation sites excluding steroid dienone is 1. The lowest BCUT2D eigenvalue weighted by Crippen LogP contribution is -1.77. The Labute approximate surface area is 90.2 Å². The molecule has 0 atom stereocenters. The number of aldehydes is 1. The van der Waals surface area contributed by atoms with Crippen LogP contribution in [0.5, 0.6) is 0 Å². The molecule has 0 unspecified atom stereocenters. The number of carbonyl (C=O) groups excluding carboxylic acids is 1. The third kappa shape index (κ3) is 3.38. The van der Waals surface area contributed by atoms with Crippen LogP contribution in [0, 0.1) is 0 Å². The Balaban J connectivity index is 0.000000921. The van der Waals surface area contributed by atoms with Gasteiger partial charge in [0.1, 0.15) is 5.82 Å². The quantitative estimate of drug-likeness (QED) is 0.593. The number of hydrogen-bond acceptors (Lipinski definition) is 2. The molecule has 0 spiro atoms. The van der Waals surface area contributed by atoms with Gasteiger partial charge < -0.3 is 4.98 Å². The number of hydrogen-bond donors (Lipinski definition) is 1. The first kappa shape index (κ1) is 13.1. The van der Waals surface area contributed by atoms with Crippen LogP contribution < -0.4 is 0 Å². The number of aliphatic imine (C=N–C) groups is 1. The molecule has 15 heavy (non-hydrogen) atoms. The van der Waals surface area contributed by atoms with Gasteiger partial charge in [-0.3, -0.25) is 4.79 Å². The molecule has 1 N–H and O–H groups in total. The smallest absolute Gasteiger partial charge is 0.152 e. The Bertz CT molecular complexity index is 362. The van der Waals surface area contributed by atoms with Gasteiger partial charge >= 0.3 is 0 Å². The van der Waals surface area contributed by atoms with E-state index in [4.69, 9.17) is 0 Å². The summed E-state index contributed by atoms with van der Waals surface area (Å²) in [4.78, 5) is 17.4. The van der Waals surface area contributed by atoms with Gasteiger partial charge in [0.2, 0.25) is 0 Å². The lowest BCUT2D eigenvalue weighted by Gasteiger charge is -1.90. The molecule has 3 nitrogen and oxygen atoms in total. The van der Waals surface area contributed by atoms with Crippen molar-refractivity contribution in [3.8, 4) is 0 Å². The summed E-state index contributed by atoms with van der Waals surface area (Å²) < 4.78 is 0. The number of aromatic nitrogens is 1. The van der Waals surface area contributed by atoms with Gasteiger partial charge in [-0.2, -0.15) is 0 Å². The van der Waals surface area contributed by atoms with Crippen LogP contribution in [0.25, 0.3) is 6.08 Å². The van der Waals surface area contributed by atoms with E-state index >= 15 is 0 Å². The Hall–Kier alpha value is -1.90. The summed E-state index contributed by atoms with van der Waals surface area (Å²) in [6, 6.07) is 0. The highest BCUT2D eigenvalue weighted by Crippen LogP contribution is 2.21. The molecule has 0 saturated carbocycles. The van der Waals surface area contributed by atoms with Gasteiger partial charge in [0, 0.05) is 23.5 Å². The van der Waals surface area contributed by atoms with E-state index in [0.29, 0.717) is 16.9 Å². The second kappa shape index (κ2) is 7.50. The summed E-state index contributed by atoms with van der Waals surface area (Å²) in [7, 11) is 0. The Morgan fingerprint density at radius 3 is 2.53 bits per heavy atom. The fourth-order valence-electron chi connectivity index (χ4n) is 0.984. The van der Waals surface area contributed by atoms with Crippen molar-refractivity contribution in [3.63, 3.8) is 0 Å². The first-order chi connectivity index (χ1) is 7.33. The van der Waals surface area contributed by atoms with E-state index in [9.17, 15) is 4.79 Å². The SMILES string of the molecule is C=C/C=N\c1[nH]cc(C=O)c1C=C.CC. The fourth-order valence-corrected chi connectivity index (χ4v) is 0.984. The molecular weight excluding hydrogens is 188 g/mol. The molecule has 80 valence electrons. The van der Waals surface area contributed by atoms with Crippen molar-refractivity contribution in [2.45, 2.75) is 13.8 Å². The highest BCUT2D eigenvalue weighted by molar-refractivity contribution is 5.86. The predicted octanol–water partition coefficient (Wildman–Crippen LogP) is 3.38. The maximum Gasteiger partial charge on any atom is 0.152 e. The zero-order chi connectivity index (χ0) is 11.7. The van der Waals surface area contributed by atoms with Crippen LogP contribution in [0.1, 0.15) is 29.8 Å². The summed E-state index contributed by atoms with van der Waals surface area (Å²) in [5.41, 5.74) is 1.28. The van der Waals surface area contributed by atoms with Crippen LogP contribution >= 0.6 is 0 Å². The van der Waals surface area contributed by atoms with E-state index in [-0.39, 0.29) is 0 Å². The molecule has 0 aliphatic heterocycles. The van der Waals surface area contributed by atoms with Gasteiger partial charge in [-0.1, -0.05) is 39.2 Å². The average Bonchev–Trinajstić information content (AvgIpc) is 2.70. The van der Waals surface area contributed by atoms with Crippen LogP contribution in [0.15, 0.2) is 30.4 Å². The Morgan fingerprint density at radius 2 is 2.07 bits per heavy atom. The largest absolute Gasteiger partial charge is 0.345 e. The Morgan fingerprint density at radius 1 is 1.40 bits per heavy atom. The Kier molecular flexibility index (Phi) is 6.55. The third-order valence-electron chi connectivity index (χ3n) is 1.57. The fraction of sp³-hybridized carbons (Fsp3) is 0.167. The highest BCUT2D eigenvalue weighted by atomic mass is 16.1. The number of nitrogens with zero attached hydrogens (tertiary/aromatic N) is 1. The molecule has 1 aromatic heterocycles. The molecule has 1 heterocycles. The summed E-state index contributed by atoms with van der Waals surface area (Å²) in [6.07, 6.45) is 7.07. The molecule has 1 rings (SSSR count). The molecule has 3 heteroatoms. The summed E-state index contributed by atoms with van der Waals surface area (Å²) in [5, 5.41) is 0. The van der Waals surface area contributed by atoms with E-state index in [1.54, 1.807) is 24.6 Å². The molecule has 0 bridgehead atoms. The second-order valence-electron chi connectivity index (χ2n) is 2.34. The van der Waals surface area contributed by atoms with E-state index in [1.165, 1.54) is 0 Å². The van der Waals surface area contributed by atoms with Crippen LogP contribution in [-0.4, -0.2) is 17.5 Å². The van der Waals surface area contributed by atoms with Crippen molar-refractivity contribution in [2.75, 3.05) is 0 Å². The topological polar surface area (TPSA) is 45.2 Å². The van der Waals surface area contributed by atoms with Crippen LogP contribution in [-0.2, 0) is 0 Å². The van der Waals surface area contributed by atoms with Gasteiger partial charge in [-0.25, -0.2) is 4.99 Å². The number of carbonyl (C=O) groups is 1.